The fourth-order valence-electron chi connectivity index (χ4n) is 2.30. The van der Waals surface area contributed by atoms with Crippen molar-refractivity contribution in [2.45, 2.75) is 19.0 Å². The summed E-state index contributed by atoms with van der Waals surface area (Å²) in [6, 6.07) is 3.16. The van der Waals surface area contributed by atoms with Crippen LogP contribution in [-0.4, -0.2) is 43.0 Å². The van der Waals surface area contributed by atoms with E-state index in [2.05, 4.69) is 10.1 Å². The highest BCUT2D eigenvalue weighted by Gasteiger charge is 2.32. The molecule has 1 aromatic carbocycles. The van der Waals surface area contributed by atoms with Gasteiger partial charge in [0, 0.05) is 25.2 Å². The SMILES string of the molecule is COC(=O)C[C@@H]1C(=O)NCCN1Cc1cccc(F)c1F. The van der Waals surface area contributed by atoms with Crippen molar-refractivity contribution in [2.75, 3.05) is 20.2 Å². The van der Waals surface area contributed by atoms with E-state index < -0.39 is 23.6 Å². The lowest BCUT2D eigenvalue weighted by Crippen LogP contribution is -2.55. The van der Waals surface area contributed by atoms with Gasteiger partial charge in [0.25, 0.3) is 0 Å². The maximum absolute atomic E-state index is 13.7. The molecular formula is C14H16F2N2O3. The summed E-state index contributed by atoms with van der Waals surface area (Å²) in [4.78, 5) is 24.9. The third-order valence-corrected chi connectivity index (χ3v) is 3.43. The Hall–Kier alpha value is -2.02. The van der Waals surface area contributed by atoms with Crippen molar-refractivity contribution in [2.24, 2.45) is 0 Å². The Morgan fingerprint density at radius 3 is 2.95 bits per heavy atom. The van der Waals surface area contributed by atoms with Crippen LogP contribution in [0.15, 0.2) is 18.2 Å². The molecule has 1 fully saturated rings. The van der Waals surface area contributed by atoms with E-state index in [4.69, 9.17) is 0 Å². The minimum Gasteiger partial charge on any atom is -0.469 e. The first-order valence-electron chi connectivity index (χ1n) is 6.54. The Balaban J connectivity index is 2.17. The molecule has 1 saturated heterocycles. The van der Waals surface area contributed by atoms with Gasteiger partial charge < -0.3 is 10.1 Å². The van der Waals surface area contributed by atoms with Crippen LogP contribution in [0.4, 0.5) is 8.78 Å². The lowest BCUT2D eigenvalue weighted by Gasteiger charge is -2.34. The fraction of sp³-hybridized carbons (Fsp3) is 0.429. The topological polar surface area (TPSA) is 58.6 Å². The van der Waals surface area contributed by atoms with Gasteiger partial charge in [0.05, 0.1) is 13.5 Å². The summed E-state index contributed by atoms with van der Waals surface area (Å²) in [5.41, 5.74) is 0.152. The summed E-state index contributed by atoms with van der Waals surface area (Å²) in [7, 11) is 1.24. The highest BCUT2D eigenvalue weighted by Crippen LogP contribution is 2.18. The van der Waals surface area contributed by atoms with Crippen LogP contribution in [0.3, 0.4) is 0 Å². The molecule has 1 amide bonds. The molecule has 0 unspecified atom stereocenters. The summed E-state index contributed by atoms with van der Waals surface area (Å²) in [5.74, 6) is -2.70. The largest absolute Gasteiger partial charge is 0.469 e. The maximum atomic E-state index is 13.7. The molecule has 0 radical (unpaired) electrons. The van der Waals surface area contributed by atoms with Gasteiger partial charge in [-0.3, -0.25) is 14.5 Å². The van der Waals surface area contributed by atoms with Gasteiger partial charge in [-0.25, -0.2) is 8.78 Å². The average molecular weight is 298 g/mol. The molecular weight excluding hydrogens is 282 g/mol. The van der Waals surface area contributed by atoms with E-state index in [1.165, 1.54) is 19.2 Å². The zero-order chi connectivity index (χ0) is 15.4. The summed E-state index contributed by atoms with van der Waals surface area (Å²) in [6.07, 6.45) is -0.126. The van der Waals surface area contributed by atoms with E-state index in [0.29, 0.717) is 13.1 Å². The van der Waals surface area contributed by atoms with Crippen molar-refractivity contribution >= 4 is 11.9 Å². The molecule has 1 aliphatic rings. The van der Waals surface area contributed by atoms with Gasteiger partial charge >= 0.3 is 5.97 Å². The minimum absolute atomic E-state index is 0.0542. The summed E-state index contributed by atoms with van der Waals surface area (Å²) < 4.78 is 31.5. The second-order valence-corrected chi connectivity index (χ2v) is 4.77. The van der Waals surface area contributed by atoms with E-state index in [-0.39, 0.29) is 24.4 Å². The molecule has 0 aromatic heterocycles. The van der Waals surface area contributed by atoms with E-state index in [0.717, 1.165) is 6.07 Å². The predicted molar refractivity (Wildman–Crippen MR) is 70.2 cm³/mol. The van der Waals surface area contributed by atoms with Crippen LogP contribution in [0.2, 0.25) is 0 Å². The van der Waals surface area contributed by atoms with Crippen molar-refractivity contribution < 1.29 is 23.1 Å². The van der Waals surface area contributed by atoms with Crippen LogP contribution in [0, 0.1) is 11.6 Å². The molecule has 21 heavy (non-hydrogen) atoms. The van der Waals surface area contributed by atoms with Crippen molar-refractivity contribution in [3.63, 3.8) is 0 Å². The number of hydrogen-bond donors (Lipinski definition) is 1. The number of rotatable bonds is 4. The van der Waals surface area contributed by atoms with E-state index in [1.807, 2.05) is 0 Å². The number of esters is 1. The molecule has 1 atom stereocenters. The molecule has 1 heterocycles. The number of hydrogen-bond acceptors (Lipinski definition) is 4. The standard InChI is InChI=1S/C14H16F2N2O3/c1-21-12(19)7-11-14(20)17-5-6-18(11)8-9-3-2-4-10(15)13(9)16/h2-4,11H,5-8H2,1H3,(H,17,20)/t11-/m1/s1. The number of carbonyl (C=O) groups is 2. The zero-order valence-electron chi connectivity index (χ0n) is 11.6. The first-order chi connectivity index (χ1) is 10.0. The van der Waals surface area contributed by atoms with Crippen molar-refractivity contribution in [3.05, 3.63) is 35.4 Å². The molecule has 5 nitrogen and oxygen atoms in total. The van der Waals surface area contributed by atoms with Gasteiger partial charge in [-0.2, -0.15) is 0 Å². The van der Waals surface area contributed by atoms with E-state index in [1.54, 1.807) is 4.90 Å². The fourth-order valence-corrected chi connectivity index (χ4v) is 2.30. The van der Waals surface area contributed by atoms with Crippen molar-refractivity contribution in [1.29, 1.82) is 0 Å². The number of ether oxygens (including phenoxy) is 1. The normalized spacial score (nSPS) is 19.2. The Morgan fingerprint density at radius 1 is 1.48 bits per heavy atom. The Bertz CT molecular complexity index is 551. The number of nitrogens with one attached hydrogen (secondary N) is 1. The van der Waals surface area contributed by atoms with Crippen molar-refractivity contribution in [1.82, 2.24) is 10.2 Å². The maximum Gasteiger partial charge on any atom is 0.307 e. The van der Waals surface area contributed by atoms with Gasteiger partial charge in [0.2, 0.25) is 5.91 Å². The summed E-state index contributed by atoms with van der Waals surface area (Å²) in [6.45, 7) is 0.898. The quantitative estimate of drug-likeness (QED) is 0.837. The molecule has 0 bridgehead atoms. The van der Waals surface area contributed by atoms with Crippen LogP contribution in [-0.2, 0) is 20.9 Å². The van der Waals surface area contributed by atoms with Crippen LogP contribution < -0.4 is 5.32 Å². The third-order valence-electron chi connectivity index (χ3n) is 3.43. The predicted octanol–water partition coefficient (Wildman–Crippen LogP) is 0.828. The number of amides is 1. The number of piperazine rings is 1. The second kappa shape index (κ2) is 6.62. The number of benzene rings is 1. The number of halogens is 2. The van der Waals surface area contributed by atoms with Gasteiger partial charge in [0.1, 0.15) is 6.04 Å². The van der Waals surface area contributed by atoms with Gasteiger partial charge in [-0.1, -0.05) is 12.1 Å². The van der Waals surface area contributed by atoms with Gasteiger partial charge in [-0.05, 0) is 6.07 Å². The molecule has 7 heteroatoms. The third kappa shape index (κ3) is 3.55. The monoisotopic (exact) mass is 298 g/mol. The summed E-state index contributed by atoms with van der Waals surface area (Å²) in [5, 5.41) is 2.65. The molecule has 2 rings (SSSR count). The molecule has 0 aliphatic carbocycles. The first kappa shape index (κ1) is 15.4. The molecule has 114 valence electrons. The van der Waals surface area contributed by atoms with Crippen LogP contribution in [0.1, 0.15) is 12.0 Å². The highest BCUT2D eigenvalue weighted by molar-refractivity contribution is 5.87. The average Bonchev–Trinajstić information content (AvgIpc) is 2.47. The number of carbonyl (C=O) groups excluding carboxylic acids is 2. The first-order valence-corrected chi connectivity index (χ1v) is 6.54. The van der Waals surface area contributed by atoms with E-state index >= 15 is 0 Å². The highest BCUT2D eigenvalue weighted by atomic mass is 19.2. The Kier molecular flexibility index (Phi) is 4.85. The number of methoxy groups -OCH3 is 1. The van der Waals surface area contributed by atoms with Crippen LogP contribution >= 0.6 is 0 Å². The number of nitrogens with zero attached hydrogens (tertiary/aromatic N) is 1. The van der Waals surface area contributed by atoms with Crippen LogP contribution in [0.25, 0.3) is 0 Å². The smallest absolute Gasteiger partial charge is 0.307 e. The molecule has 0 spiro atoms. The molecule has 1 aromatic rings. The molecule has 1 aliphatic heterocycles. The van der Waals surface area contributed by atoms with Crippen molar-refractivity contribution in [3.8, 4) is 0 Å². The molecule has 1 N–H and O–H groups in total. The van der Waals surface area contributed by atoms with E-state index in [9.17, 15) is 18.4 Å². The van der Waals surface area contributed by atoms with Crippen LogP contribution in [0.5, 0.6) is 0 Å². The van der Waals surface area contributed by atoms with Gasteiger partial charge in [0.15, 0.2) is 11.6 Å². The lowest BCUT2D eigenvalue weighted by molar-refractivity contribution is -0.146. The lowest BCUT2D eigenvalue weighted by atomic mass is 10.1. The Labute approximate surface area is 120 Å². The molecule has 0 saturated carbocycles. The zero-order valence-corrected chi connectivity index (χ0v) is 11.6. The Morgan fingerprint density at radius 2 is 2.24 bits per heavy atom. The van der Waals surface area contributed by atoms with Gasteiger partial charge in [-0.15, -0.1) is 0 Å². The second-order valence-electron chi connectivity index (χ2n) is 4.77. The summed E-state index contributed by atoms with van der Waals surface area (Å²) >= 11 is 0. The minimum atomic E-state index is -0.932.